The van der Waals surface area contributed by atoms with Crippen molar-refractivity contribution in [2.45, 2.75) is 18.8 Å². The van der Waals surface area contributed by atoms with Crippen LogP contribution in [0.25, 0.3) is 33.2 Å². The van der Waals surface area contributed by atoms with Crippen LogP contribution < -0.4 is 14.8 Å². The Labute approximate surface area is 232 Å². The predicted molar refractivity (Wildman–Crippen MR) is 144 cm³/mol. The van der Waals surface area contributed by atoms with Crippen molar-refractivity contribution < 1.29 is 27.4 Å². The SMILES string of the molecule is COc1ccc2nc(C(F)(F)F)n(CC(=O)N3CCNC[C@H]3c3ncc(-c4cc5ccccc5nc4OC)[nH]3)c2c1. The van der Waals surface area contributed by atoms with Gasteiger partial charge in [-0.1, -0.05) is 18.2 Å². The van der Waals surface area contributed by atoms with E-state index in [1.54, 1.807) is 11.1 Å². The van der Waals surface area contributed by atoms with Gasteiger partial charge in [0.2, 0.25) is 17.6 Å². The number of rotatable bonds is 6. The van der Waals surface area contributed by atoms with Gasteiger partial charge in [0.25, 0.3) is 0 Å². The largest absolute Gasteiger partial charge is 0.497 e. The maximum Gasteiger partial charge on any atom is 0.449 e. The summed E-state index contributed by atoms with van der Waals surface area (Å²) < 4.78 is 53.5. The van der Waals surface area contributed by atoms with Crippen LogP contribution in [0.3, 0.4) is 0 Å². The lowest BCUT2D eigenvalue weighted by molar-refractivity contribution is -0.148. The number of aromatic nitrogens is 5. The standard InChI is InChI=1S/C28H26F3N7O3/c1-40-17-7-8-20-22(12-17)38(27(36-20)28(29,30)31)15-24(39)37-10-9-32-14-23(37)25-33-13-21(34-25)18-11-16-5-3-4-6-19(16)35-26(18)41-2/h3-8,11-13,23,32H,9-10,14-15H2,1-2H3,(H,33,34)/t23-/m0/s1. The van der Waals surface area contributed by atoms with E-state index >= 15 is 0 Å². The van der Waals surface area contributed by atoms with E-state index in [2.05, 4.69) is 25.3 Å². The van der Waals surface area contributed by atoms with Crippen LogP contribution >= 0.6 is 0 Å². The molecule has 0 aliphatic carbocycles. The third kappa shape index (κ3) is 4.92. The molecular weight excluding hydrogens is 539 g/mol. The number of alkyl halides is 3. The number of hydrogen-bond acceptors (Lipinski definition) is 7. The molecule has 1 aliphatic heterocycles. The molecule has 1 aliphatic rings. The number of hydrogen-bond donors (Lipinski definition) is 2. The molecule has 1 atom stereocenters. The Kier molecular flexibility index (Phi) is 6.73. The van der Waals surface area contributed by atoms with Gasteiger partial charge in [-0.25, -0.2) is 15.0 Å². The maximum absolute atomic E-state index is 13.9. The molecule has 1 fully saturated rings. The Morgan fingerprint density at radius 1 is 1.07 bits per heavy atom. The number of nitrogens with zero attached hydrogens (tertiary/aromatic N) is 5. The van der Waals surface area contributed by atoms with E-state index < -0.39 is 30.5 Å². The fraction of sp³-hybridized carbons (Fsp3) is 0.286. The lowest BCUT2D eigenvalue weighted by Gasteiger charge is -2.35. The number of carbonyl (C=O) groups excluding carboxylic acids is 1. The molecule has 4 heterocycles. The smallest absolute Gasteiger partial charge is 0.449 e. The Balaban J connectivity index is 1.33. The Morgan fingerprint density at radius 3 is 2.68 bits per heavy atom. The molecule has 10 nitrogen and oxygen atoms in total. The highest BCUT2D eigenvalue weighted by molar-refractivity contribution is 5.85. The van der Waals surface area contributed by atoms with Crippen molar-refractivity contribution in [3.05, 3.63) is 66.4 Å². The number of para-hydroxylation sites is 1. The number of H-pyrrole nitrogens is 1. The lowest BCUT2D eigenvalue weighted by atomic mass is 10.1. The van der Waals surface area contributed by atoms with E-state index in [1.165, 1.54) is 32.4 Å². The summed E-state index contributed by atoms with van der Waals surface area (Å²) in [4.78, 5) is 31.4. The molecule has 13 heteroatoms. The second-order valence-corrected chi connectivity index (χ2v) is 9.60. The van der Waals surface area contributed by atoms with Crippen molar-refractivity contribution in [2.75, 3.05) is 33.9 Å². The number of fused-ring (bicyclic) bond motifs is 2. The Bertz CT molecular complexity index is 1750. The molecule has 3 aromatic heterocycles. The molecular formula is C28H26F3N7O3. The predicted octanol–water partition coefficient (Wildman–Crippen LogP) is 4.18. The summed E-state index contributed by atoms with van der Waals surface area (Å²) in [5.41, 5.74) is 2.40. The molecule has 212 valence electrons. The minimum atomic E-state index is -4.75. The molecule has 1 amide bonds. The van der Waals surface area contributed by atoms with E-state index in [0.717, 1.165) is 15.5 Å². The zero-order valence-electron chi connectivity index (χ0n) is 22.2. The minimum absolute atomic E-state index is 0.122. The first kappa shape index (κ1) is 26.6. The van der Waals surface area contributed by atoms with Crippen LogP contribution in [0.2, 0.25) is 0 Å². The number of halogens is 3. The van der Waals surface area contributed by atoms with Gasteiger partial charge in [-0.05, 0) is 24.3 Å². The van der Waals surface area contributed by atoms with Crippen LogP contribution in [-0.2, 0) is 17.5 Å². The van der Waals surface area contributed by atoms with Gasteiger partial charge in [0.1, 0.15) is 24.2 Å². The van der Waals surface area contributed by atoms with Crippen LogP contribution in [0.15, 0.2) is 54.7 Å². The van der Waals surface area contributed by atoms with Gasteiger partial charge < -0.3 is 29.2 Å². The second-order valence-electron chi connectivity index (χ2n) is 9.60. The van der Waals surface area contributed by atoms with E-state index in [4.69, 9.17) is 9.47 Å². The number of pyridine rings is 1. The van der Waals surface area contributed by atoms with Gasteiger partial charge in [-0.2, -0.15) is 13.2 Å². The summed E-state index contributed by atoms with van der Waals surface area (Å²) in [7, 11) is 2.96. The van der Waals surface area contributed by atoms with Gasteiger partial charge in [0, 0.05) is 31.1 Å². The van der Waals surface area contributed by atoms with Crippen molar-refractivity contribution >= 4 is 27.8 Å². The normalized spacial score (nSPS) is 15.9. The molecule has 0 spiro atoms. The minimum Gasteiger partial charge on any atom is -0.497 e. The van der Waals surface area contributed by atoms with Crippen molar-refractivity contribution in [1.29, 1.82) is 0 Å². The van der Waals surface area contributed by atoms with Gasteiger partial charge in [-0.3, -0.25) is 4.79 Å². The third-order valence-electron chi connectivity index (χ3n) is 7.15. The summed E-state index contributed by atoms with van der Waals surface area (Å²) in [6.45, 7) is 0.599. The molecule has 41 heavy (non-hydrogen) atoms. The first-order valence-electron chi connectivity index (χ1n) is 12.9. The number of aromatic amines is 1. The van der Waals surface area contributed by atoms with Crippen molar-refractivity contribution in [3.8, 4) is 22.9 Å². The van der Waals surface area contributed by atoms with Crippen LogP contribution in [-0.4, -0.2) is 69.2 Å². The number of ether oxygens (including phenoxy) is 2. The molecule has 0 unspecified atom stereocenters. The number of methoxy groups -OCH3 is 2. The molecule has 6 rings (SSSR count). The first-order chi connectivity index (χ1) is 19.8. The highest BCUT2D eigenvalue weighted by Gasteiger charge is 2.39. The Hall–Kier alpha value is -4.65. The van der Waals surface area contributed by atoms with E-state index in [1.807, 2.05) is 30.3 Å². The average Bonchev–Trinajstić information content (AvgIpc) is 3.61. The van der Waals surface area contributed by atoms with Gasteiger partial charge in [0.15, 0.2) is 0 Å². The van der Waals surface area contributed by atoms with E-state index in [9.17, 15) is 18.0 Å². The molecule has 0 saturated carbocycles. The zero-order valence-corrected chi connectivity index (χ0v) is 22.2. The molecule has 0 radical (unpaired) electrons. The van der Waals surface area contributed by atoms with E-state index in [0.29, 0.717) is 41.8 Å². The topological polar surface area (TPSA) is 110 Å². The number of amides is 1. The molecule has 1 saturated heterocycles. The molecule has 5 aromatic rings. The quantitative estimate of drug-likeness (QED) is 0.318. The number of piperazine rings is 1. The highest BCUT2D eigenvalue weighted by Crippen LogP contribution is 2.34. The van der Waals surface area contributed by atoms with Gasteiger partial charge in [0.05, 0.1) is 48.2 Å². The highest BCUT2D eigenvalue weighted by atomic mass is 19.4. The fourth-order valence-corrected chi connectivity index (χ4v) is 5.17. The summed E-state index contributed by atoms with van der Waals surface area (Å²) in [6.07, 6.45) is -3.11. The number of imidazole rings is 2. The van der Waals surface area contributed by atoms with Crippen molar-refractivity contribution in [2.24, 2.45) is 0 Å². The number of carbonyl (C=O) groups is 1. The van der Waals surface area contributed by atoms with Crippen molar-refractivity contribution in [1.82, 2.24) is 34.7 Å². The number of nitrogens with one attached hydrogen (secondary N) is 2. The summed E-state index contributed by atoms with van der Waals surface area (Å²) in [5, 5.41) is 4.16. The monoisotopic (exact) mass is 565 g/mol. The Morgan fingerprint density at radius 2 is 1.90 bits per heavy atom. The van der Waals surface area contributed by atoms with Crippen molar-refractivity contribution in [3.63, 3.8) is 0 Å². The second kappa shape index (κ2) is 10.4. The average molecular weight is 566 g/mol. The van der Waals surface area contributed by atoms with Crippen LogP contribution in [0.5, 0.6) is 11.6 Å². The van der Waals surface area contributed by atoms with Crippen LogP contribution in [0, 0.1) is 0 Å². The summed E-state index contributed by atoms with van der Waals surface area (Å²) in [6, 6.07) is 13.5. The summed E-state index contributed by atoms with van der Waals surface area (Å²) in [5.74, 6) is -0.370. The summed E-state index contributed by atoms with van der Waals surface area (Å²) >= 11 is 0. The van der Waals surface area contributed by atoms with Crippen LogP contribution in [0.4, 0.5) is 13.2 Å². The molecule has 0 bridgehead atoms. The molecule has 2 N–H and O–H groups in total. The first-order valence-corrected chi connectivity index (χ1v) is 12.9. The third-order valence-corrected chi connectivity index (χ3v) is 7.15. The van der Waals surface area contributed by atoms with Crippen LogP contribution in [0.1, 0.15) is 17.7 Å². The fourth-order valence-electron chi connectivity index (χ4n) is 5.17. The van der Waals surface area contributed by atoms with E-state index in [-0.39, 0.29) is 17.6 Å². The number of benzene rings is 2. The molecule has 2 aromatic carbocycles. The lowest BCUT2D eigenvalue weighted by Crippen LogP contribution is -2.50. The zero-order chi connectivity index (χ0) is 28.7. The van der Waals surface area contributed by atoms with Gasteiger partial charge in [-0.15, -0.1) is 0 Å². The maximum atomic E-state index is 13.9. The van der Waals surface area contributed by atoms with Gasteiger partial charge >= 0.3 is 6.18 Å².